The standard InChI is InChI=1S/C9H13IN4S/c1-3-7-4-6(14-15-7)5-8(11)9(10)13-12-2/h4,11-12H,3,5H2,1-2H3/b11-8?,13-9+. The summed E-state index contributed by atoms with van der Waals surface area (Å²) < 4.78 is 4.97. The van der Waals surface area contributed by atoms with Crippen LogP contribution in [0.25, 0.3) is 0 Å². The molecule has 1 rings (SSSR count). The maximum absolute atomic E-state index is 7.79. The highest BCUT2D eigenvalue weighted by Gasteiger charge is 2.07. The van der Waals surface area contributed by atoms with Crippen molar-refractivity contribution in [3.63, 3.8) is 0 Å². The zero-order chi connectivity index (χ0) is 11.3. The van der Waals surface area contributed by atoms with Crippen molar-refractivity contribution in [1.82, 2.24) is 9.80 Å². The van der Waals surface area contributed by atoms with E-state index in [1.54, 1.807) is 7.05 Å². The van der Waals surface area contributed by atoms with Crippen LogP contribution in [0.3, 0.4) is 0 Å². The molecule has 0 spiro atoms. The van der Waals surface area contributed by atoms with E-state index in [1.165, 1.54) is 16.4 Å². The maximum atomic E-state index is 7.79. The lowest BCUT2D eigenvalue weighted by molar-refractivity contribution is 0.908. The fraction of sp³-hybridized carbons (Fsp3) is 0.444. The molecule has 82 valence electrons. The second-order valence-corrected chi connectivity index (χ2v) is 4.83. The van der Waals surface area contributed by atoms with Crippen molar-refractivity contribution in [2.75, 3.05) is 7.05 Å². The second-order valence-electron chi connectivity index (χ2n) is 2.92. The Morgan fingerprint density at radius 2 is 2.47 bits per heavy atom. The minimum Gasteiger partial charge on any atom is -0.312 e. The first-order chi connectivity index (χ1) is 7.17. The summed E-state index contributed by atoms with van der Waals surface area (Å²) in [5, 5.41) is 11.7. The average Bonchev–Trinajstić information content (AvgIpc) is 2.66. The lowest BCUT2D eigenvalue weighted by Crippen LogP contribution is -2.12. The van der Waals surface area contributed by atoms with E-state index in [2.05, 4.69) is 27.9 Å². The number of hydrogen-bond donors (Lipinski definition) is 2. The number of halogens is 1. The molecule has 0 aliphatic rings. The lowest BCUT2D eigenvalue weighted by atomic mass is 10.2. The van der Waals surface area contributed by atoms with E-state index in [0.29, 0.717) is 15.9 Å². The Morgan fingerprint density at radius 1 is 1.73 bits per heavy atom. The topological polar surface area (TPSA) is 61.1 Å². The molecule has 0 saturated heterocycles. The van der Waals surface area contributed by atoms with Crippen LogP contribution in [0, 0.1) is 5.41 Å². The maximum Gasteiger partial charge on any atom is 0.142 e. The first kappa shape index (κ1) is 12.6. The number of nitrogens with zero attached hydrogens (tertiary/aromatic N) is 2. The molecule has 0 aliphatic carbocycles. The fourth-order valence-electron chi connectivity index (χ4n) is 1.03. The van der Waals surface area contributed by atoms with E-state index in [4.69, 9.17) is 5.41 Å². The smallest absolute Gasteiger partial charge is 0.142 e. The molecule has 0 radical (unpaired) electrons. The summed E-state index contributed by atoms with van der Waals surface area (Å²) in [5.74, 6) is 0. The van der Waals surface area contributed by atoms with Gasteiger partial charge in [-0.3, -0.25) is 0 Å². The van der Waals surface area contributed by atoms with Gasteiger partial charge in [0.05, 0.1) is 11.4 Å². The average molecular weight is 336 g/mol. The first-order valence-corrected chi connectivity index (χ1v) is 6.44. The molecule has 0 unspecified atom stereocenters. The van der Waals surface area contributed by atoms with Gasteiger partial charge < -0.3 is 10.8 Å². The molecule has 0 atom stereocenters. The quantitative estimate of drug-likeness (QED) is 0.492. The van der Waals surface area contributed by atoms with Crippen molar-refractivity contribution in [2.24, 2.45) is 5.10 Å². The molecule has 1 heterocycles. The molecule has 0 aliphatic heterocycles. The Bertz CT molecular complexity index is 372. The van der Waals surface area contributed by atoms with Crippen LogP contribution in [0.2, 0.25) is 0 Å². The third kappa shape index (κ3) is 3.86. The molecule has 0 bridgehead atoms. The molecule has 1 aromatic heterocycles. The number of rotatable bonds is 5. The summed E-state index contributed by atoms with van der Waals surface area (Å²) in [6.07, 6.45) is 1.56. The van der Waals surface area contributed by atoms with Gasteiger partial charge in [0.25, 0.3) is 0 Å². The molecule has 6 heteroatoms. The van der Waals surface area contributed by atoms with Gasteiger partial charge in [0.1, 0.15) is 3.72 Å². The number of aryl methyl sites for hydroxylation is 1. The summed E-state index contributed by atoms with van der Waals surface area (Å²) in [5.41, 5.74) is 4.13. The van der Waals surface area contributed by atoms with Crippen molar-refractivity contribution >= 4 is 43.6 Å². The Hall–Kier alpha value is -0.500. The summed E-state index contributed by atoms with van der Waals surface area (Å²) in [7, 11) is 1.73. The number of hydrazone groups is 1. The second kappa shape index (κ2) is 6.16. The Morgan fingerprint density at radius 3 is 3.00 bits per heavy atom. The van der Waals surface area contributed by atoms with E-state index in [9.17, 15) is 0 Å². The van der Waals surface area contributed by atoms with E-state index in [0.717, 1.165) is 12.1 Å². The van der Waals surface area contributed by atoms with Gasteiger partial charge in [-0.25, -0.2) is 0 Å². The van der Waals surface area contributed by atoms with Crippen LogP contribution in [0.5, 0.6) is 0 Å². The van der Waals surface area contributed by atoms with Gasteiger partial charge >= 0.3 is 0 Å². The monoisotopic (exact) mass is 336 g/mol. The normalized spacial score (nSPS) is 11.5. The summed E-state index contributed by atoms with van der Waals surface area (Å²) >= 11 is 3.56. The molecule has 1 aromatic rings. The highest BCUT2D eigenvalue weighted by Crippen LogP contribution is 2.12. The molecule has 4 nitrogen and oxygen atoms in total. The number of hydrogen-bond acceptors (Lipinski definition) is 5. The van der Waals surface area contributed by atoms with Crippen LogP contribution in [-0.4, -0.2) is 20.9 Å². The fourth-order valence-corrected chi connectivity index (χ4v) is 2.13. The van der Waals surface area contributed by atoms with E-state index in [1.807, 2.05) is 22.6 Å². The highest BCUT2D eigenvalue weighted by molar-refractivity contribution is 14.1. The molecular formula is C9H13IN4S. The molecular weight excluding hydrogens is 323 g/mol. The molecule has 0 amide bonds. The first-order valence-electron chi connectivity index (χ1n) is 4.59. The van der Waals surface area contributed by atoms with Gasteiger partial charge in [-0.15, -0.1) is 0 Å². The van der Waals surface area contributed by atoms with Crippen molar-refractivity contribution in [3.05, 3.63) is 16.6 Å². The van der Waals surface area contributed by atoms with Gasteiger partial charge in [-0.2, -0.15) is 9.47 Å². The molecule has 2 N–H and O–H groups in total. The van der Waals surface area contributed by atoms with Crippen molar-refractivity contribution in [1.29, 1.82) is 5.41 Å². The van der Waals surface area contributed by atoms with E-state index >= 15 is 0 Å². The van der Waals surface area contributed by atoms with Crippen LogP contribution in [0.1, 0.15) is 17.5 Å². The van der Waals surface area contributed by atoms with Crippen molar-refractivity contribution in [3.8, 4) is 0 Å². The Labute approximate surface area is 107 Å². The third-order valence-corrected chi connectivity index (χ3v) is 3.63. The van der Waals surface area contributed by atoms with Gasteiger partial charge in [-0.05, 0) is 46.6 Å². The summed E-state index contributed by atoms with van der Waals surface area (Å²) in [4.78, 5) is 1.26. The van der Waals surface area contributed by atoms with Crippen LogP contribution >= 0.6 is 34.1 Å². The zero-order valence-corrected chi connectivity index (χ0v) is 11.6. The highest BCUT2D eigenvalue weighted by atomic mass is 127. The van der Waals surface area contributed by atoms with Gasteiger partial charge in [0.15, 0.2) is 0 Å². The molecule has 0 saturated carbocycles. The van der Waals surface area contributed by atoms with Crippen molar-refractivity contribution < 1.29 is 0 Å². The number of aromatic nitrogens is 1. The Balaban J connectivity index is 2.62. The third-order valence-electron chi connectivity index (χ3n) is 1.77. The minimum atomic E-state index is 0.498. The van der Waals surface area contributed by atoms with E-state index in [-0.39, 0.29) is 0 Å². The van der Waals surface area contributed by atoms with Crippen LogP contribution < -0.4 is 5.43 Å². The summed E-state index contributed by atoms with van der Waals surface area (Å²) in [6.45, 7) is 2.11. The van der Waals surface area contributed by atoms with E-state index < -0.39 is 0 Å². The van der Waals surface area contributed by atoms with Crippen LogP contribution in [0.15, 0.2) is 11.2 Å². The molecule has 0 fully saturated rings. The minimum absolute atomic E-state index is 0.498. The van der Waals surface area contributed by atoms with Crippen LogP contribution in [0.4, 0.5) is 0 Å². The predicted octanol–water partition coefficient (Wildman–Crippen LogP) is 2.24. The number of nitrogens with one attached hydrogen (secondary N) is 2. The van der Waals surface area contributed by atoms with Crippen molar-refractivity contribution in [2.45, 2.75) is 19.8 Å². The van der Waals surface area contributed by atoms with Gasteiger partial charge in [0, 0.05) is 18.3 Å². The molecule has 15 heavy (non-hydrogen) atoms. The Kier molecular flexibility index (Phi) is 5.16. The van der Waals surface area contributed by atoms with Gasteiger partial charge in [-0.1, -0.05) is 6.92 Å². The SMILES string of the molecule is CCc1cc(CC(=N)/C(I)=N\NC)ns1. The summed E-state index contributed by atoms with van der Waals surface area (Å²) in [6, 6.07) is 2.06. The van der Waals surface area contributed by atoms with Crippen LogP contribution in [-0.2, 0) is 12.8 Å². The molecule has 0 aromatic carbocycles. The lowest BCUT2D eigenvalue weighted by Gasteiger charge is -1.98. The largest absolute Gasteiger partial charge is 0.312 e. The zero-order valence-electron chi connectivity index (χ0n) is 8.67. The van der Waals surface area contributed by atoms with Gasteiger partial charge in [0.2, 0.25) is 0 Å². The predicted molar refractivity (Wildman–Crippen MR) is 73.4 cm³/mol.